The van der Waals surface area contributed by atoms with Crippen molar-refractivity contribution < 1.29 is 14.7 Å². The molecule has 0 bridgehead atoms. The van der Waals surface area contributed by atoms with E-state index < -0.39 is 11.8 Å². The molecule has 0 heterocycles. The van der Waals surface area contributed by atoms with Crippen LogP contribution < -0.4 is 0 Å². The van der Waals surface area contributed by atoms with Crippen molar-refractivity contribution in [2.75, 3.05) is 14.2 Å². The maximum Gasteiger partial charge on any atom is 0.375 e. The van der Waals surface area contributed by atoms with Gasteiger partial charge in [-0.1, -0.05) is 0 Å². The SMILES string of the molecule is COC(=O)C(=N)N(C)O. The summed E-state index contributed by atoms with van der Waals surface area (Å²) in [6, 6.07) is 0. The Labute approximate surface area is 52.3 Å². The van der Waals surface area contributed by atoms with Gasteiger partial charge in [0.2, 0.25) is 5.84 Å². The number of likely N-dealkylation sites (N-methyl/N-ethyl adjacent to an activating group) is 1. The first-order chi connectivity index (χ1) is 4.09. The van der Waals surface area contributed by atoms with Crippen molar-refractivity contribution in [3.8, 4) is 0 Å². The van der Waals surface area contributed by atoms with E-state index in [-0.39, 0.29) is 0 Å². The molecule has 0 rings (SSSR count). The standard InChI is InChI=1S/C4H8N2O3/c1-6(8)3(5)4(7)9-2/h5,8H,1-2H3. The lowest BCUT2D eigenvalue weighted by atomic mass is 10.6. The molecule has 0 fully saturated rings. The van der Waals surface area contributed by atoms with Crippen LogP contribution in [0, 0.1) is 5.41 Å². The average molecular weight is 132 g/mol. The molecular weight excluding hydrogens is 124 g/mol. The summed E-state index contributed by atoms with van der Waals surface area (Å²) in [6.07, 6.45) is 0. The summed E-state index contributed by atoms with van der Waals surface area (Å²) in [7, 11) is 2.31. The molecule has 0 aromatic carbocycles. The Bertz CT molecular complexity index is 132. The Kier molecular flexibility index (Phi) is 2.66. The number of esters is 1. The zero-order chi connectivity index (χ0) is 7.44. The number of hydrogen-bond donors (Lipinski definition) is 2. The molecule has 5 heteroatoms. The third-order valence-corrected chi connectivity index (χ3v) is 0.702. The largest absolute Gasteiger partial charge is 0.463 e. The highest BCUT2D eigenvalue weighted by Gasteiger charge is 2.11. The van der Waals surface area contributed by atoms with Crippen molar-refractivity contribution in [1.29, 1.82) is 5.41 Å². The average Bonchev–Trinajstić information content (AvgIpc) is 1.84. The van der Waals surface area contributed by atoms with Gasteiger partial charge >= 0.3 is 5.97 Å². The molecule has 0 aliphatic rings. The molecule has 0 aromatic heterocycles. The number of methoxy groups -OCH3 is 1. The van der Waals surface area contributed by atoms with E-state index in [1.165, 1.54) is 7.05 Å². The smallest absolute Gasteiger partial charge is 0.375 e. The molecular formula is C4H8N2O3. The van der Waals surface area contributed by atoms with Gasteiger partial charge in [0, 0.05) is 7.05 Å². The van der Waals surface area contributed by atoms with Gasteiger partial charge < -0.3 is 4.74 Å². The number of nitrogens with zero attached hydrogens (tertiary/aromatic N) is 1. The van der Waals surface area contributed by atoms with Crippen LogP contribution in [0.2, 0.25) is 0 Å². The summed E-state index contributed by atoms with van der Waals surface area (Å²) in [6.45, 7) is 0. The molecule has 0 radical (unpaired) electrons. The molecule has 0 spiro atoms. The molecule has 0 aromatic rings. The lowest BCUT2D eigenvalue weighted by molar-refractivity contribution is -0.135. The number of ether oxygens (including phenoxy) is 1. The van der Waals surface area contributed by atoms with Gasteiger partial charge in [-0.2, -0.15) is 0 Å². The third kappa shape index (κ3) is 2.09. The lowest BCUT2D eigenvalue weighted by Gasteiger charge is -2.07. The van der Waals surface area contributed by atoms with E-state index in [4.69, 9.17) is 10.6 Å². The third-order valence-electron chi connectivity index (χ3n) is 0.702. The summed E-state index contributed by atoms with van der Waals surface area (Å²) in [4.78, 5) is 10.3. The van der Waals surface area contributed by atoms with Crippen LogP contribution in [-0.4, -0.2) is 36.2 Å². The Balaban J connectivity index is 3.89. The fourth-order valence-corrected chi connectivity index (χ4v) is 0.229. The number of hydroxylamine groups is 2. The van der Waals surface area contributed by atoms with Gasteiger partial charge in [-0.15, -0.1) is 0 Å². The Morgan fingerprint density at radius 2 is 2.22 bits per heavy atom. The summed E-state index contributed by atoms with van der Waals surface area (Å²) in [5, 5.41) is 15.6. The number of carbonyl (C=O) groups is 1. The number of nitrogens with one attached hydrogen (secondary N) is 1. The van der Waals surface area contributed by atoms with Crippen LogP contribution in [0.1, 0.15) is 0 Å². The molecule has 0 atom stereocenters. The first kappa shape index (κ1) is 7.90. The highest BCUT2D eigenvalue weighted by Crippen LogP contribution is 1.81. The van der Waals surface area contributed by atoms with Gasteiger partial charge in [-0.3, -0.25) is 10.6 Å². The van der Waals surface area contributed by atoms with Crippen LogP contribution in [0.4, 0.5) is 0 Å². The summed E-state index contributed by atoms with van der Waals surface area (Å²) in [5.74, 6) is -1.45. The van der Waals surface area contributed by atoms with Crippen LogP contribution >= 0.6 is 0 Å². The van der Waals surface area contributed by atoms with Gasteiger partial charge in [0.05, 0.1) is 7.11 Å². The molecule has 0 aliphatic heterocycles. The Hall–Kier alpha value is -1.10. The minimum atomic E-state index is -0.861. The first-order valence-corrected chi connectivity index (χ1v) is 2.19. The van der Waals surface area contributed by atoms with Crippen LogP contribution in [0.25, 0.3) is 0 Å². The first-order valence-electron chi connectivity index (χ1n) is 2.19. The van der Waals surface area contributed by atoms with Crippen molar-refractivity contribution in [1.82, 2.24) is 5.06 Å². The summed E-state index contributed by atoms with van der Waals surface area (Å²) < 4.78 is 4.11. The predicted molar refractivity (Wildman–Crippen MR) is 29.3 cm³/mol. The molecule has 2 N–H and O–H groups in total. The molecule has 0 saturated carbocycles. The monoisotopic (exact) mass is 132 g/mol. The van der Waals surface area contributed by atoms with E-state index >= 15 is 0 Å². The van der Waals surface area contributed by atoms with E-state index in [0.717, 1.165) is 7.11 Å². The van der Waals surface area contributed by atoms with Gasteiger partial charge in [0.25, 0.3) is 0 Å². The maximum absolute atomic E-state index is 10.3. The number of amidine groups is 1. The number of carbonyl (C=O) groups excluding carboxylic acids is 1. The van der Waals surface area contributed by atoms with Crippen molar-refractivity contribution >= 4 is 11.8 Å². The van der Waals surface area contributed by atoms with Gasteiger partial charge in [-0.05, 0) is 0 Å². The van der Waals surface area contributed by atoms with Crippen LogP contribution in [0.15, 0.2) is 0 Å². The number of hydrogen-bond acceptors (Lipinski definition) is 4. The lowest BCUT2D eigenvalue weighted by Crippen LogP contribution is -2.30. The fraction of sp³-hybridized carbons (Fsp3) is 0.500. The van der Waals surface area contributed by atoms with Crippen LogP contribution in [0.5, 0.6) is 0 Å². The van der Waals surface area contributed by atoms with E-state index in [1.54, 1.807) is 0 Å². The predicted octanol–water partition coefficient (Wildman–Crippen LogP) is -0.542. The highest BCUT2D eigenvalue weighted by molar-refractivity contribution is 6.33. The highest BCUT2D eigenvalue weighted by atomic mass is 16.5. The quantitative estimate of drug-likeness (QED) is 0.201. The van der Waals surface area contributed by atoms with Gasteiger partial charge in [0.1, 0.15) is 0 Å². The minimum absolute atomic E-state index is 0.381. The number of rotatable bonds is 0. The molecule has 0 amide bonds. The van der Waals surface area contributed by atoms with Crippen molar-refractivity contribution in [2.45, 2.75) is 0 Å². The van der Waals surface area contributed by atoms with E-state index in [9.17, 15) is 4.79 Å². The second-order valence-corrected chi connectivity index (χ2v) is 1.36. The minimum Gasteiger partial charge on any atom is -0.463 e. The summed E-state index contributed by atoms with van der Waals surface area (Å²) in [5.41, 5.74) is 0. The Morgan fingerprint density at radius 1 is 1.78 bits per heavy atom. The Morgan fingerprint density at radius 3 is 2.33 bits per heavy atom. The molecule has 9 heavy (non-hydrogen) atoms. The van der Waals surface area contributed by atoms with E-state index in [1.807, 2.05) is 0 Å². The van der Waals surface area contributed by atoms with E-state index in [2.05, 4.69) is 4.74 Å². The van der Waals surface area contributed by atoms with Crippen molar-refractivity contribution in [3.63, 3.8) is 0 Å². The summed E-state index contributed by atoms with van der Waals surface area (Å²) >= 11 is 0. The zero-order valence-corrected chi connectivity index (χ0v) is 5.21. The van der Waals surface area contributed by atoms with Crippen LogP contribution in [0.3, 0.4) is 0 Å². The second-order valence-electron chi connectivity index (χ2n) is 1.36. The molecule has 5 nitrogen and oxygen atoms in total. The second kappa shape index (κ2) is 3.03. The van der Waals surface area contributed by atoms with Gasteiger partial charge in [0.15, 0.2) is 0 Å². The maximum atomic E-state index is 10.3. The molecule has 0 aliphatic carbocycles. The zero-order valence-electron chi connectivity index (χ0n) is 5.21. The molecule has 0 saturated heterocycles. The fourth-order valence-electron chi connectivity index (χ4n) is 0.229. The topological polar surface area (TPSA) is 73.6 Å². The van der Waals surface area contributed by atoms with E-state index in [0.29, 0.717) is 5.06 Å². The molecule has 52 valence electrons. The van der Waals surface area contributed by atoms with Crippen molar-refractivity contribution in [3.05, 3.63) is 0 Å². The van der Waals surface area contributed by atoms with Crippen LogP contribution in [-0.2, 0) is 9.53 Å². The van der Waals surface area contributed by atoms with Crippen molar-refractivity contribution in [2.24, 2.45) is 0 Å². The normalized spacial score (nSPS) is 8.33. The molecule has 0 unspecified atom stereocenters. The van der Waals surface area contributed by atoms with Gasteiger partial charge in [-0.25, -0.2) is 9.86 Å².